The molecule has 1 atom stereocenters. The van der Waals surface area contributed by atoms with Crippen molar-refractivity contribution < 1.29 is 14.7 Å². The van der Waals surface area contributed by atoms with E-state index in [1.54, 1.807) is 23.3 Å². The lowest BCUT2D eigenvalue weighted by atomic mass is 10.1. The first-order valence-electron chi connectivity index (χ1n) is 5.52. The van der Waals surface area contributed by atoms with Crippen molar-refractivity contribution >= 4 is 23.2 Å². The molecule has 0 saturated heterocycles. The Bertz CT molecular complexity index is 375. The van der Waals surface area contributed by atoms with E-state index in [4.69, 9.17) is 5.11 Å². The zero-order valence-corrected chi connectivity index (χ0v) is 10.9. The Morgan fingerprint density at radius 3 is 2.76 bits per heavy atom. The van der Waals surface area contributed by atoms with Crippen molar-refractivity contribution in [3.05, 3.63) is 22.4 Å². The molecule has 0 aliphatic heterocycles. The summed E-state index contributed by atoms with van der Waals surface area (Å²) < 4.78 is 0. The molecule has 1 N–H and O–H groups in total. The molecule has 1 heterocycles. The molecule has 0 aromatic carbocycles. The monoisotopic (exact) mass is 255 g/mol. The second-order valence-corrected chi connectivity index (χ2v) is 4.97. The highest BCUT2D eigenvalue weighted by atomic mass is 32.1. The van der Waals surface area contributed by atoms with Crippen molar-refractivity contribution in [3.8, 4) is 0 Å². The fourth-order valence-electron chi connectivity index (χ4n) is 1.57. The van der Waals surface area contributed by atoms with Gasteiger partial charge in [-0.05, 0) is 24.8 Å². The Balaban J connectivity index is 2.43. The van der Waals surface area contributed by atoms with E-state index in [0.717, 1.165) is 4.88 Å². The van der Waals surface area contributed by atoms with Gasteiger partial charge in [-0.15, -0.1) is 11.3 Å². The number of carboxylic acid groups (broad SMARTS) is 1. The molecule has 0 saturated carbocycles. The van der Waals surface area contributed by atoms with E-state index < -0.39 is 5.97 Å². The minimum atomic E-state index is -0.822. The summed E-state index contributed by atoms with van der Waals surface area (Å²) in [5.41, 5.74) is 0. The van der Waals surface area contributed by atoms with Crippen LogP contribution in [0.5, 0.6) is 0 Å². The Hall–Kier alpha value is -1.36. The van der Waals surface area contributed by atoms with Crippen LogP contribution < -0.4 is 0 Å². The third-order valence-electron chi connectivity index (χ3n) is 2.60. The molecular weight excluding hydrogens is 238 g/mol. The molecule has 1 rings (SSSR count). The van der Waals surface area contributed by atoms with E-state index in [2.05, 4.69) is 0 Å². The molecule has 1 aromatic heterocycles. The molecule has 17 heavy (non-hydrogen) atoms. The second kappa shape index (κ2) is 6.39. The van der Waals surface area contributed by atoms with Crippen molar-refractivity contribution in [2.75, 3.05) is 13.6 Å². The maximum absolute atomic E-state index is 12.0. The largest absolute Gasteiger partial charge is 0.481 e. The zero-order valence-electron chi connectivity index (χ0n) is 10.0. The maximum Gasteiger partial charge on any atom is 0.303 e. The number of nitrogens with zero attached hydrogens (tertiary/aromatic N) is 1. The number of aliphatic carboxylic acids is 1. The predicted molar refractivity (Wildman–Crippen MR) is 67.2 cm³/mol. The summed E-state index contributed by atoms with van der Waals surface area (Å²) in [6.07, 6.45) is 0.597. The summed E-state index contributed by atoms with van der Waals surface area (Å²) in [7, 11) is 1.72. The quantitative estimate of drug-likeness (QED) is 0.847. The average Bonchev–Trinajstić information content (AvgIpc) is 2.79. The number of hydrogen-bond donors (Lipinski definition) is 1. The Kier molecular flexibility index (Phi) is 5.15. The molecule has 0 spiro atoms. The number of likely N-dealkylation sites (N-methyl/N-ethyl adjacent to an activating group) is 1. The molecule has 1 amide bonds. The first kappa shape index (κ1) is 13.7. The van der Waals surface area contributed by atoms with E-state index >= 15 is 0 Å². The van der Waals surface area contributed by atoms with Crippen LogP contribution in [-0.2, 0) is 9.59 Å². The Morgan fingerprint density at radius 2 is 2.24 bits per heavy atom. The third kappa shape index (κ3) is 4.19. The first-order chi connectivity index (χ1) is 8.02. The fraction of sp³-hybridized carbons (Fsp3) is 0.500. The summed E-state index contributed by atoms with van der Waals surface area (Å²) in [5, 5.41) is 10.5. The molecule has 0 aliphatic carbocycles. The van der Waals surface area contributed by atoms with Gasteiger partial charge in [-0.25, -0.2) is 0 Å². The van der Waals surface area contributed by atoms with Gasteiger partial charge >= 0.3 is 5.97 Å². The molecule has 0 radical (unpaired) electrons. The number of rotatable bonds is 6. The number of hydrogen-bond acceptors (Lipinski definition) is 3. The van der Waals surface area contributed by atoms with Crippen LogP contribution in [0.1, 0.15) is 30.6 Å². The molecule has 4 nitrogen and oxygen atoms in total. The van der Waals surface area contributed by atoms with Gasteiger partial charge in [0.25, 0.3) is 0 Å². The van der Waals surface area contributed by atoms with E-state index in [-0.39, 0.29) is 18.2 Å². The van der Waals surface area contributed by atoms with Crippen LogP contribution in [0.15, 0.2) is 17.5 Å². The standard InChI is InChI=1S/C12H17NO3S/c1-9(10-5-4-8-17-10)12(16)13(2)7-3-6-11(14)15/h4-5,8-9H,3,6-7H2,1-2H3,(H,14,15). The highest BCUT2D eigenvalue weighted by Gasteiger charge is 2.19. The van der Waals surface area contributed by atoms with Crippen molar-refractivity contribution in [2.45, 2.75) is 25.7 Å². The molecule has 0 bridgehead atoms. The van der Waals surface area contributed by atoms with Gasteiger partial charge in [-0.2, -0.15) is 0 Å². The van der Waals surface area contributed by atoms with Crippen molar-refractivity contribution in [2.24, 2.45) is 0 Å². The molecular formula is C12H17NO3S. The lowest BCUT2D eigenvalue weighted by molar-refractivity contribution is -0.138. The SMILES string of the molecule is CC(C(=O)N(C)CCCC(=O)O)c1cccs1. The zero-order chi connectivity index (χ0) is 12.8. The number of carboxylic acids is 1. The highest BCUT2D eigenvalue weighted by molar-refractivity contribution is 7.10. The van der Waals surface area contributed by atoms with E-state index in [1.165, 1.54) is 0 Å². The first-order valence-corrected chi connectivity index (χ1v) is 6.40. The van der Waals surface area contributed by atoms with Crippen LogP contribution >= 0.6 is 11.3 Å². The van der Waals surface area contributed by atoms with Crippen LogP contribution in [0.25, 0.3) is 0 Å². The van der Waals surface area contributed by atoms with Gasteiger partial charge in [0, 0.05) is 24.9 Å². The van der Waals surface area contributed by atoms with Gasteiger partial charge in [0.15, 0.2) is 0 Å². The van der Waals surface area contributed by atoms with E-state index in [0.29, 0.717) is 13.0 Å². The fourth-order valence-corrected chi connectivity index (χ4v) is 2.34. The summed E-state index contributed by atoms with van der Waals surface area (Å²) in [4.78, 5) is 25.0. The summed E-state index contributed by atoms with van der Waals surface area (Å²) in [5.74, 6) is -0.931. The molecule has 1 aromatic rings. The van der Waals surface area contributed by atoms with Gasteiger partial charge < -0.3 is 10.0 Å². The maximum atomic E-state index is 12.0. The minimum absolute atomic E-state index is 0.0397. The van der Waals surface area contributed by atoms with Gasteiger partial charge in [0.05, 0.1) is 5.92 Å². The second-order valence-electron chi connectivity index (χ2n) is 3.99. The average molecular weight is 255 g/mol. The number of carbonyl (C=O) groups is 2. The van der Waals surface area contributed by atoms with Crippen LogP contribution in [0.4, 0.5) is 0 Å². The lowest BCUT2D eigenvalue weighted by Crippen LogP contribution is -2.31. The topological polar surface area (TPSA) is 57.6 Å². The third-order valence-corrected chi connectivity index (χ3v) is 3.66. The normalized spacial score (nSPS) is 12.1. The van der Waals surface area contributed by atoms with E-state index in [9.17, 15) is 9.59 Å². The highest BCUT2D eigenvalue weighted by Crippen LogP contribution is 2.22. The molecule has 0 fully saturated rings. The molecule has 0 aliphatic rings. The van der Waals surface area contributed by atoms with Crippen LogP contribution in [0, 0.1) is 0 Å². The molecule has 5 heteroatoms. The Morgan fingerprint density at radius 1 is 1.53 bits per heavy atom. The number of amides is 1. The number of thiophene rings is 1. The summed E-state index contributed by atoms with van der Waals surface area (Å²) in [6.45, 7) is 2.36. The van der Waals surface area contributed by atoms with Crippen molar-refractivity contribution in [1.82, 2.24) is 4.90 Å². The number of carbonyl (C=O) groups excluding carboxylic acids is 1. The predicted octanol–water partition coefficient (Wildman–Crippen LogP) is 2.17. The van der Waals surface area contributed by atoms with Crippen LogP contribution in [0.2, 0.25) is 0 Å². The van der Waals surface area contributed by atoms with Crippen LogP contribution in [0.3, 0.4) is 0 Å². The summed E-state index contributed by atoms with van der Waals surface area (Å²) in [6, 6.07) is 3.87. The Labute approximate surface area is 105 Å². The van der Waals surface area contributed by atoms with Crippen molar-refractivity contribution in [3.63, 3.8) is 0 Å². The molecule has 94 valence electrons. The minimum Gasteiger partial charge on any atom is -0.481 e. The van der Waals surface area contributed by atoms with Gasteiger partial charge in [-0.3, -0.25) is 9.59 Å². The molecule has 1 unspecified atom stereocenters. The van der Waals surface area contributed by atoms with Gasteiger partial charge in [0.1, 0.15) is 0 Å². The lowest BCUT2D eigenvalue weighted by Gasteiger charge is -2.20. The van der Waals surface area contributed by atoms with Crippen molar-refractivity contribution in [1.29, 1.82) is 0 Å². The smallest absolute Gasteiger partial charge is 0.303 e. The van der Waals surface area contributed by atoms with E-state index in [1.807, 2.05) is 24.4 Å². The van der Waals surface area contributed by atoms with Gasteiger partial charge in [0.2, 0.25) is 5.91 Å². The van der Waals surface area contributed by atoms with Gasteiger partial charge in [-0.1, -0.05) is 6.07 Å². The summed E-state index contributed by atoms with van der Waals surface area (Å²) >= 11 is 1.56. The van der Waals surface area contributed by atoms with Crippen LogP contribution in [-0.4, -0.2) is 35.5 Å².